The molecule has 6 heteroatoms. The van der Waals surface area contributed by atoms with Crippen molar-refractivity contribution in [1.82, 2.24) is 0 Å². The van der Waals surface area contributed by atoms with Crippen LogP contribution in [0, 0.1) is 18.3 Å². The van der Waals surface area contributed by atoms with E-state index < -0.39 is 5.97 Å². The van der Waals surface area contributed by atoms with E-state index in [1.165, 1.54) is 7.11 Å². The van der Waals surface area contributed by atoms with E-state index in [0.717, 1.165) is 11.3 Å². The first-order valence-electron chi connectivity index (χ1n) is 4.96. The SMILES string of the molecule is CCC(=O)Nc1sc(C(=O)OC)c(C)c1C#N. The topological polar surface area (TPSA) is 79.2 Å². The van der Waals surface area contributed by atoms with Crippen LogP contribution in [0.25, 0.3) is 0 Å². The van der Waals surface area contributed by atoms with E-state index >= 15 is 0 Å². The zero-order chi connectivity index (χ0) is 13.0. The summed E-state index contributed by atoms with van der Waals surface area (Å²) in [7, 11) is 1.28. The molecule has 1 aromatic rings. The Hall–Kier alpha value is -1.87. The lowest BCUT2D eigenvalue weighted by Gasteiger charge is -1.99. The van der Waals surface area contributed by atoms with Crippen LogP contribution in [-0.4, -0.2) is 19.0 Å². The van der Waals surface area contributed by atoms with E-state index in [-0.39, 0.29) is 5.91 Å². The van der Waals surface area contributed by atoms with Crippen LogP contribution in [0.2, 0.25) is 0 Å². The van der Waals surface area contributed by atoms with Crippen LogP contribution in [-0.2, 0) is 9.53 Å². The van der Waals surface area contributed by atoms with E-state index in [9.17, 15) is 9.59 Å². The number of carbonyl (C=O) groups excluding carboxylic acids is 2. The number of hydrogen-bond donors (Lipinski definition) is 1. The predicted molar refractivity (Wildman–Crippen MR) is 64.0 cm³/mol. The summed E-state index contributed by atoms with van der Waals surface area (Å²) in [5.74, 6) is -0.694. The number of ether oxygens (including phenoxy) is 1. The van der Waals surface area contributed by atoms with Crippen LogP contribution in [0.5, 0.6) is 0 Å². The van der Waals surface area contributed by atoms with E-state index in [1.807, 2.05) is 6.07 Å². The number of nitriles is 1. The van der Waals surface area contributed by atoms with Crippen molar-refractivity contribution in [3.05, 3.63) is 16.0 Å². The Morgan fingerprint density at radius 1 is 1.53 bits per heavy atom. The molecule has 0 bridgehead atoms. The van der Waals surface area contributed by atoms with Crippen molar-refractivity contribution in [3.63, 3.8) is 0 Å². The van der Waals surface area contributed by atoms with Gasteiger partial charge < -0.3 is 10.1 Å². The van der Waals surface area contributed by atoms with Crippen LogP contribution >= 0.6 is 11.3 Å². The number of rotatable bonds is 3. The average molecular weight is 252 g/mol. The number of esters is 1. The molecule has 1 N–H and O–H groups in total. The first-order chi connectivity index (χ1) is 8.04. The van der Waals surface area contributed by atoms with Gasteiger partial charge in [0.05, 0.1) is 12.7 Å². The molecule has 0 unspecified atom stereocenters. The summed E-state index contributed by atoms with van der Waals surface area (Å²) in [5.41, 5.74) is 0.855. The third kappa shape index (κ3) is 2.63. The average Bonchev–Trinajstić information content (AvgIpc) is 2.64. The second-order valence-electron chi connectivity index (χ2n) is 3.27. The van der Waals surface area contributed by atoms with Gasteiger partial charge in [-0.15, -0.1) is 11.3 Å². The maximum absolute atomic E-state index is 11.4. The molecule has 1 aromatic heterocycles. The summed E-state index contributed by atoms with van der Waals surface area (Å²) < 4.78 is 4.61. The van der Waals surface area contributed by atoms with E-state index in [1.54, 1.807) is 13.8 Å². The van der Waals surface area contributed by atoms with E-state index in [2.05, 4.69) is 10.1 Å². The van der Waals surface area contributed by atoms with Crippen LogP contribution in [0.15, 0.2) is 0 Å². The normalized spacial score (nSPS) is 9.53. The number of amides is 1. The molecule has 17 heavy (non-hydrogen) atoms. The van der Waals surface area contributed by atoms with Crippen LogP contribution in [0.4, 0.5) is 5.00 Å². The van der Waals surface area contributed by atoms with Gasteiger partial charge >= 0.3 is 5.97 Å². The molecule has 1 amide bonds. The molecule has 5 nitrogen and oxygen atoms in total. The number of anilines is 1. The van der Waals surface area contributed by atoms with Gasteiger partial charge in [-0.3, -0.25) is 4.79 Å². The van der Waals surface area contributed by atoms with E-state index in [4.69, 9.17) is 5.26 Å². The van der Waals surface area contributed by atoms with Gasteiger partial charge in [0.1, 0.15) is 15.9 Å². The summed E-state index contributed by atoms with van der Waals surface area (Å²) in [6.45, 7) is 3.37. The van der Waals surface area contributed by atoms with Crippen LogP contribution in [0.3, 0.4) is 0 Å². The van der Waals surface area contributed by atoms with Crippen molar-refractivity contribution in [2.75, 3.05) is 12.4 Å². The van der Waals surface area contributed by atoms with Crippen molar-refractivity contribution in [1.29, 1.82) is 5.26 Å². The van der Waals surface area contributed by atoms with E-state index in [0.29, 0.717) is 27.4 Å². The van der Waals surface area contributed by atoms with Gasteiger partial charge in [-0.1, -0.05) is 6.92 Å². The van der Waals surface area contributed by atoms with Crippen molar-refractivity contribution < 1.29 is 14.3 Å². The summed E-state index contributed by atoms with van der Waals surface area (Å²) in [4.78, 5) is 23.1. The van der Waals surface area contributed by atoms with Gasteiger partial charge in [-0.05, 0) is 12.5 Å². The predicted octanol–water partition coefficient (Wildman–Crippen LogP) is 2.06. The Morgan fingerprint density at radius 3 is 2.65 bits per heavy atom. The molecule has 1 rings (SSSR count). The molecular formula is C11H12N2O3S. The zero-order valence-electron chi connectivity index (χ0n) is 9.79. The molecule has 0 aliphatic rings. The quantitative estimate of drug-likeness (QED) is 0.835. The third-order valence-electron chi connectivity index (χ3n) is 2.20. The second-order valence-corrected chi connectivity index (χ2v) is 4.29. The second kappa shape index (κ2) is 5.46. The molecule has 0 aliphatic carbocycles. The summed E-state index contributed by atoms with van der Waals surface area (Å²) in [5, 5.41) is 12.0. The lowest BCUT2D eigenvalue weighted by atomic mass is 10.2. The number of hydrogen-bond acceptors (Lipinski definition) is 5. The van der Waals surface area contributed by atoms with Crippen molar-refractivity contribution >= 4 is 28.2 Å². The minimum absolute atomic E-state index is 0.195. The van der Waals surface area contributed by atoms with Crippen LogP contribution in [0.1, 0.15) is 34.1 Å². The fraction of sp³-hybridized carbons (Fsp3) is 0.364. The number of nitrogens with one attached hydrogen (secondary N) is 1. The molecular weight excluding hydrogens is 240 g/mol. The molecule has 0 radical (unpaired) electrons. The first kappa shape index (κ1) is 13.2. The molecule has 0 aliphatic heterocycles. The highest BCUT2D eigenvalue weighted by molar-refractivity contribution is 7.18. The Labute approximate surface area is 103 Å². The summed E-state index contributed by atoms with van der Waals surface area (Å²) in [6, 6.07) is 1.98. The first-order valence-corrected chi connectivity index (χ1v) is 5.78. The summed E-state index contributed by atoms with van der Waals surface area (Å²) in [6.07, 6.45) is 0.315. The standard InChI is InChI=1S/C11H12N2O3S/c1-4-8(14)13-10-7(5-12)6(2)9(17-10)11(15)16-3/h4H2,1-3H3,(H,13,14). The molecule has 0 aromatic carbocycles. The Kier molecular flexibility index (Phi) is 4.24. The third-order valence-corrected chi connectivity index (χ3v) is 3.39. The van der Waals surface area contributed by atoms with Crippen molar-refractivity contribution in [2.45, 2.75) is 20.3 Å². The fourth-order valence-corrected chi connectivity index (χ4v) is 2.33. The van der Waals surface area contributed by atoms with Gasteiger partial charge in [-0.25, -0.2) is 4.79 Å². The van der Waals surface area contributed by atoms with Crippen LogP contribution < -0.4 is 5.32 Å². The van der Waals surface area contributed by atoms with Gasteiger partial charge in [0.25, 0.3) is 0 Å². The maximum Gasteiger partial charge on any atom is 0.348 e. The minimum atomic E-state index is -0.499. The molecule has 1 heterocycles. The van der Waals surface area contributed by atoms with Crippen molar-refractivity contribution in [2.24, 2.45) is 0 Å². The molecule has 0 atom stereocenters. The van der Waals surface area contributed by atoms with Gasteiger partial charge in [0.15, 0.2) is 0 Å². The Morgan fingerprint density at radius 2 is 2.18 bits per heavy atom. The lowest BCUT2D eigenvalue weighted by Crippen LogP contribution is -2.09. The highest BCUT2D eigenvalue weighted by Gasteiger charge is 2.21. The number of carbonyl (C=O) groups is 2. The molecule has 90 valence electrons. The van der Waals surface area contributed by atoms with Gasteiger partial charge in [0, 0.05) is 6.42 Å². The van der Waals surface area contributed by atoms with Crippen molar-refractivity contribution in [3.8, 4) is 6.07 Å². The Balaban J connectivity index is 3.19. The largest absolute Gasteiger partial charge is 0.465 e. The molecule has 0 fully saturated rings. The number of methoxy groups -OCH3 is 1. The molecule has 0 saturated heterocycles. The lowest BCUT2D eigenvalue weighted by molar-refractivity contribution is -0.115. The molecule has 0 spiro atoms. The maximum atomic E-state index is 11.4. The zero-order valence-corrected chi connectivity index (χ0v) is 10.6. The summed E-state index contributed by atoms with van der Waals surface area (Å²) >= 11 is 1.06. The highest BCUT2D eigenvalue weighted by atomic mass is 32.1. The monoisotopic (exact) mass is 252 g/mol. The molecule has 0 saturated carbocycles. The Bertz CT molecular complexity index is 500. The number of nitrogens with zero attached hydrogens (tertiary/aromatic N) is 1. The highest BCUT2D eigenvalue weighted by Crippen LogP contribution is 2.32. The number of thiophene rings is 1. The van der Waals surface area contributed by atoms with Gasteiger partial charge in [0.2, 0.25) is 5.91 Å². The minimum Gasteiger partial charge on any atom is -0.465 e. The smallest absolute Gasteiger partial charge is 0.348 e. The fourth-order valence-electron chi connectivity index (χ4n) is 1.24. The van der Waals surface area contributed by atoms with Gasteiger partial charge in [-0.2, -0.15) is 5.26 Å².